The largest absolute Gasteiger partial charge is 0.508 e. The summed E-state index contributed by atoms with van der Waals surface area (Å²) in [7, 11) is 1.23. The second-order valence-electron chi connectivity index (χ2n) is 4.09. The highest BCUT2D eigenvalue weighted by Crippen LogP contribution is 2.41. The zero-order valence-electron chi connectivity index (χ0n) is 9.89. The van der Waals surface area contributed by atoms with Crippen molar-refractivity contribution >= 4 is 11.8 Å². The van der Waals surface area contributed by atoms with Crippen molar-refractivity contribution in [1.29, 1.82) is 5.26 Å². The van der Waals surface area contributed by atoms with Gasteiger partial charge in [-0.15, -0.1) is 0 Å². The van der Waals surface area contributed by atoms with Gasteiger partial charge in [0.2, 0.25) is 0 Å². The summed E-state index contributed by atoms with van der Waals surface area (Å²) in [6, 6.07) is 1.92. The van der Waals surface area contributed by atoms with Crippen molar-refractivity contribution in [3.63, 3.8) is 0 Å². The van der Waals surface area contributed by atoms with Gasteiger partial charge in [-0.25, -0.2) is 4.79 Å². The van der Waals surface area contributed by atoms with Crippen molar-refractivity contribution in [2.75, 3.05) is 7.11 Å². The van der Waals surface area contributed by atoms with Gasteiger partial charge < -0.3 is 15.6 Å². The summed E-state index contributed by atoms with van der Waals surface area (Å²) in [5, 5.41) is 18.7. The minimum Gasteiger partial charge on any atom is -0.508 e. The number of nitrogens with two attached hydrogens (primary N) is 1. The molecule has 0 saturated carbocycles. The van der Waals surface area contributed by atoms with Crippen LogP contribution in [0.2, 0.25) is 0 Å². The van der Waals surface area contributed by atoms with E-state index < -0.39 is 11.5 Å². The number of esters is 1. The molecule has 0 saturated heterocycles. The van der Waals surface area contributed by atoms with Crippen LogP contribution in [0, 0.1) is 11.3 Å². The molecule has 0 fully saturated rings. The Kier molecular flexibility index (Phi) is 2.47. The van der Waals surface area contributed by atoms with Gasteiger partial charge in [-0.1, -0.05) is 0 Å². The molecule has 1 aliphatic heterocycles. The van der Waals surface area contributed by atoms with Crippen LogP contribution in [0.4, 0.5) is 0 Å². The number of allylic oxidation sites excluding steroid dienone is 1. The van der Waals surface area contributed by atoms with Gasteiger partial charge in [0, 0.05) is 5.57 Å². The minimum absolute atomic E-state index is 0.0516. The molecule has 18 heavy (non-hydrogen) atoms. The topological polar surface area (TPSA) is 109 Å². The molecule has 3 N–H and O–H groups in total. The number of carbonyl (C=O) groups is 1. The molecule has 2 aliphatic rings. The van der Waals surface area contributed by atoms with Crippen molar-refractivity contribution in [1.82, 2.24) is 0 Å². The number of aliphatic imine (C=N–C) groups is 1. The normalized spacial score (nSPS) is 25.7. The average Bonchev–Trinajstić information content (AvgIpc) is 2.57. The molecule has 0 radical (unpaired) electrons. The molecule has 1 atom stereocenters. The molecule has 92 valence electrons. The molecule has 0 aromatic rings. The van der Waals surface area contributed by atoms with Crippen LogP contribution < -0.4 is 5.73 Å². The Morgan fingerprint density at radius 2 is 2.28 bits per heavy atom. The summed E-state index contributed by atoms with van der Waals surface area (Å²) in [6.45, 7) is 1.64. The first-order chi connectivity index (χ1) is 8.43. The first kappa shape index (κ1) is 11.9. The monoisotopic (exact) mass is 245 g/mol. The van der Waals surface area contributed by atoms with Gasteiger partial charge in [0.15, 0.2) is 0 Å². The Hall–Kier alpha value is -2.55. The van der Waals surface area contributed by atoms with Crippen LogP contribution in [-0.4, -0.2) is 29.6 Å². The number of hydrogen-bond donors (Lipinski definition) is 2. The molecule has 1 heterocycles. The van der Waals surface area contributed by atoms with E-state index in [9.17, 15) is 9.90 Å². The Morgan fingerprint density at radius 3 is 2.83 bits per heavy atom. The standard InChI is InChI=1S/C12H11N3O3/c1-12-8(7(5-13)10(14)15-12)3-6(16)4-9(12)11(17)18-2/h3-4,16H,1-2H3,(H2,14,15). The number of nitriles is 1. The highest BCUT2D eigenvalue weighted by molar-refractivity contribution is 6.08. The highest BCUT2D eigenvalue weighted by Gasteiger charge is 2.45. The number of carbonyl (C=O) groups excluding carboxylic acids is 1. The fourth-order valence-corrected chi connectivity index (χ4v) is 2.12. The van der Waals surface area contributed by atoms with E-state index in [-0.39, 0.29) is 22.7 Å². The van der Waals surface area contributed by atoms with Crippen molar-refractivity contribution in [2.45, 2.75) is 12.5 Å². The number of aliphatic hydroxyl groups excluding tert-OH is 1. The van der Waals surface area contributed by atoms with Crippen LogP contribution >= 0.6 is 0 Å². The van der Waals surface area contributed by atoms with E-state index in [2.05, 4.69) is 9.73 Å². The summed E-state index contributed by atoms with van der Waals surface area (Å²) in [5.41, 5.74) is 5.31. The molecule has 0 amide bonds. The predicted molar refractivity (Wildman–Crippen MR) is 63.5 cm³/mol. The van der Waals surface area contributed by atoms with Crippen molar-refractivity contribution in [3.8, 4) is 6.07 Å². The lowest BCUT2D eigenvalue weighted by molar-refractivity contribution is -0.136. The molecule has 1 unspecified atom stereocenters. The molecule has 1 aliphatic carbocycles. The van der Waals surface area contributed by atoms with Gasteiger partial charge in [0.05, 0.1) is 18.3 Å². The van der Waals surface area contributed by atoms with Crippen molar-refractivity contribution < 1.29 is 14.6 Å². The molecular formula is C12H11N3O3. The van der Waals surface area contributed by atoms with Crippen molar-refractivity contribution in [2.24, 2.45) is 10.7 Å². The Bertz CT molecular complexity index is 605. The van der Waals surface area contributed by atoms with Gasteiger partial charge in [-0.3, -0.25) is 4.99 Å². The zero-order valence-corrected chi connectivity index (χ0v) is 9.89. The quantitative estimate of drug-likeness (QED) is 0.653. The number of aliphatic hydroxyl groups is 1. The van der Waals surface area contributed by atoms with E-state index in [1.807, 2.05) is 6.07 Å². The third-order valence-corrected chi connectivity index (χ3v) is 3.02. The lowest BCUT2D eigenvalue weighted by Gasteiger charge is -2.27. The summed E-state index contributed by atoms with van der Waals surface area (Å²) >= 11 is 0. The lowest BCUT2D eigenvalue weighted by atomic mass is 9.80. The van der Waals surface area contributed by atoms with Crippen LogP contribution in [0.1, 0.15) is 6.92 Å². The molecule has 6 nitrogen and oxygen atoms in total. The summed E-state index contributed by atoms with van der Waals surface area (Å²) in [6.07, 6.45) is 2.65. The minimum atomic E-state index is -1.07. The molecule has 0 spiro atoms. The Balaban J connectivity index is 2.69. The number of rotatable bonds is 1. The zero-order chi connectivity index (χ0) is 13.5. The molecule has 0 aromatic carbocycles. The average molecular weight is 245 g/mol. The van der Waals surface area contributed by atoms with Gasteiger partial charge >= 0.3 is 5.97 Å². The SMILES string of the molecule is COC(=O)C1=CC(O)=CC2=C(C#N)C(N)=NC12C. The predicted octanol–water partition coefficient (Wildman–Crippen LogP) is 0.491. The molecule has 6 heteroatoms. The second kappa shape index (κ2) is 3.74. The summed E-state index contributed by atoms with van der Waals surface area (Å²) < 4.78 is 4.65. The van der Waals surface area contributed by atoms with Gasteiger partial charge in [-0.05, 0) is 19.1 Å². The Labute approximate surface area is 103 Å². The molecule has 0 aromatic heterocycles. The van der Waals surface area contributed by atoms with E-state index in [1.54, 1.807) is 6.92 Å². The molecule has 0 bridgehead atoms. The van der Waals surface area contributed by atoms with Crippen LogP contribution in [0.3, 0.4) is 0 Å². The van der Waals surface area contributed by atoms with E-state index in [0.29, 0.717) is 5.57 Å². The summed E-state index contributed by atoms with van der Waals surface area (Å²) in [5.74, 6) is -0.707. The molecular weight excluding hydrogens is 234 g/mol. The maximum atomic E-state index is 11.7. The van der Waals surface area contributed by atoms with E-state index in [1.165, 1.54) is 19.3 Å². The number of nitrogens with zero attached hydrogens (tertiary/aromatic N) is 2. The van der Waals surface area contributed by atoms with Crippen molar-refractivity contribution in [3.05, 3.63) is 34.6 Å². The number of fused-ring (bicyclic) bond motifs is 1. The van der Waals surface area contributed by atoms with Gasteiger partial charge in [0.25, 0.3) is 0 Å². The van der Waals surface area contributed by atoms with Crippen LogP contribution in [0.15, 0.2) is 39.6 Å². The second-order valence-corrected chi connectivity index (χ2v) is 4.09. The van der Waals surface area contributed by atoms with Crippen LogP contribution in [0.5, 0.6) is 0 Å². The highest BCUT2D eigenvalue weighted by atomic mass is 16.5. The Morgan fingerprint density at radius 1 is 1.61 bits per heavy atom. The van der Waals surface area contributed by atoms with E-state index >= 15 is 0 Å². The van der Waals surface area contributed by atoms with E-state index in [4.69, 9.17) is 11.0 Å². The van der Waals surface area contributed by atoms with Crippen LogP contribution in [-0.2, 0) is 9.53 Å². The fourth-order valence-electron chi connectivity index (χ4n) is 2.12. The maximum absolute atomic E-state index is 11.7. The third-order valence-electron chi connectivity index (χ3n) is 3.02. The first-order valence-electron chi connectivity index (χ1n) is 5.15. The smallest absolute Gasteiger partial charge is 0.336 e. The van der Waals surface area contributed by atoms with Gasteiger partial charge in [-0.2, -0.15) is 5.26 Å². The fraction of sp³-hybridized carbons (Fsp3) is 0.250. The lowest BCUT2D eigenvalue weighted by Crippen LogP contribution is -2.33. The number of amidine groups is 1. The van der Waals surface area contributed by atoms with Gasteiger partial charge in [0.1, 0.15) is 23.2 Å². The third kappa shape index (κ3) is 1.41. The maximum Gasteiger partial charge on any atom is 0.336 e. The summed E-state index contributed by atoms with van der Waals surface area (Å²) in [4.78, 5) is 15.9. The number of hydrogen-bond acceptors (Lipinski definition) is 6. The molecule has 2 rings (SSSR count). The number of ether oxygens (including phenoxy) is 1. The first-order valence-corrected chi connectivity index (χ1v) is 5.15. The van der Waals surface area contributed by atoms with Crippen LogP contribution in [0.25, 0.3) is 0 Å². The number of methoxy groups -OCH3 is 1. The van der Waals surface area contributed by atoms with E-state index in [0.717, 1.165) is 0 Å².